The number of halogens is 1. The van der Waals surface area contributed by atoms with Gasteiger partial charge in [-0.3, -0.25) is 14.9 Å². The minimum absolute atomic E-state index is 0.0108. The van der Waals surface area contributed by atoms with Gasteiger partial charge in [-0.2, -0.15) is 0 Å². The molecule has 1 aliphatic rings. The molecule has 2 rings (SSSR count). The van der Waals surface area contributed by atoms with Crippen LogP contribution in [0.1, 0.15) is 12.5 Å². The first kappa shape index (κ1) is 17.4. The number of carboxylic acids is 1. The van der Waals surface area contributed by atoms with Gasteiger partial charge in [0, 0.05) is 23.2 Å². The number of non-ortho nitro benzene ring substituents is 1. The van der Waals surface area contributed by atoms with E-state index in [1.54, 1.807) is 6.92 Å². The summed E-state index contributed by atoms with van der Waals surface area (Å²) in [6, 6.07) is 4.18. The van der Waals surface area contributed by atoms with Crippen molar-refractivity contribution in [3.63, 3.8) is 0 Å². The number of rotatable bonds is 4. The highest BCUT2D eigenvalue weighted by Crippen LogP contribution is 2.24. The van der Waals surface area contributed by atoms with Gasteiger partial charge < -0.3 is 14.7 Å². The molecule has 124 valence electrons. The van der Waals surface area contributed by atoms with Crippen molar-refractivity contribution in [2.45, 2.75) is 25.6 Å². The van der Waals surface area contributed by atoms with Crippen LogP contribution in [0.25, 0.3) is 0 Å². The average Bonchev–Trinajstić information content (AvgIpc) is 2.48. The Morgan fingerprint density at radius 1 is 1.48 bits per heavy atom. The number of carboxylic acid groups (broad SMARTS) is 1. The van der Waals surface area contributed by atoms with Crippen LogP contribution in [0.15, 0.2) is 22.7 Å². The van der Waals surface area contributed by atoms with Crippen LogP contribution < -0.4 is 0 Å². The lowest BCUT2D eigenvalue weighted by Gasteiger charge is -2.35. The van der Waals surface area contributed by atoms with E-state index < -0.39 is 17.0 Å². The van der Waals surface area contributed by atoms with E-state index in [1.807, 2.05) is 0 Å². The number of ether oxygens (including phenoxy) is 1. The molecule has 1 aromatic carbocycles. The number of hydrogen-bond donors (Lipinski definition) is 1. The van der Waals surface area contributed by atoms with Crippen LogP contribution in [0.2, 0.25) is 0 Å². The monoisotopic (exact) mass is 386 g/mol. The Bertz CT molecular complexity index is 650. The second-order valence-corrected chi connectivity index (χ2v) is 6.14. The lowest BCUT2D eigenvalue weighted by Crippen LogP contribution is -2.52. The third-order valence-corrected chi connectivity index (χ3v) is 4.22. The molecule has 8 nitrogen and oxygen atoms in total. The number of hydrogen-bond acceptors (Lipinski definition) is 5. The number of amides is 1. The maximum atomic E-state index is 12.4. The van der Waals surface area contributed by atoms with E-state index in [1.165, 1.54) is 23.1 Å². The Balaban J connectivity index is 2.09. The topological polar surface area (TPSA) is 110 Å². The minimum atomic E-state index is -1.11. The minimum Gasteiger partial charge on any atom is -0.479 e. The molecular weight excluding hydrogens is 372 g/mol. The van der Waals surface area contributed by atoms with Gasteiger partial charge in [-0.25, -0.2) is 4.79 Å². The zero-order valence-electron chi connectivity index (χ0n) is 12.3. The third kappa shape index (κ3) is 4.26. The predicted molar refractivity (Wildman–Crippen MR) is 83.1 cm³/mol. The fourth-order valence-corrected chi connectivity index (χ4v) is 2.87. The normalized spacial score (nSPS) is 21.0. The van der Waals surface area contributed by atoms with E-state index in [0.717, 1.165) is 0 Å². The Morgan fingerprint density at radius 2 is 2.17 bits per heavy atom. The number of nitrogens with zero attached hydrogens (tertiary/aromatic N) is 2. The molecule has 1 aliphatic heterocycles. The van der Waals surface area contributed by atoms with Crippen LogP contribution in [0.3, 0.4) is 0 Å². The Labute approximate surface area is 140 Å². The van der Waals surface area contributed by atoms with E-state index in [9.17, 15) is 19.7 Å². The molecule has 0 spiro atoms. The molecule has 1 fully saturated rings. The molecule has 1 amide bonds. The summed E-state index contributed by atoms with van der Waals surface area (Å²) < 4.78 is 5.74. The maximum Gasteiger partial charge on any atom is 0.334 e. The first-order valence-electron chi connectivity index (χ1n) is 6.86. The number of nitro benzene ring substituents is 1. The molecule has 0 aromatic heterocycles. The summed E-state index contributed by atoms with van der Waals surface area (Å²) in [5.41, 5.74) is 0.533. The summed E-state index contributed by atoms with van der Waals surface area (Å²) >= 11 is 3.22. The molecular formula is C14H15BrN2O6. The molecule has 0 aliphatic carbocycles. The summed E-state index contributed by atoms with van der Waals surface area (Å²) in [5.74, 6) is -1.35. The number of morpholine rings is 1. The molecule has 0 saturated carbocycles. The lowest BCUT2D eigenvalue weighted by atomic mass is 10.1. The van der Waals surface area contributed by atoms with Gasteiger partial charge in [-0.05, 0) is 12.5 Å². The van der Waals surface area contributed by atoms with Crippen LogP contribution in [0, 0.1) is 10.1 Å². The molecule has 0 radical (unpaired) electrons. The van der Waals surface area contributed by atoms with Gasteiger partial charge in [0.2, 0.25) is 5.91 Å². The van der Waals surface area contributed by atoms with Crippen LogP contribution >= 0.6 is 15.9 Å². The smallest absolute Gasteiger partial charge is 0.334 e. The van der Waals surface area contributed by atoms with Gasteiger partial charge in [0.05, 0.1) is 24.0 Å². The summed E-state index contributed by atoms with van der Waals surface area (Å²) in [5, 5.41) is 19.7. The number of carbonyl (C=O) groups is 2. The largest absolute Gasteiger partial charge is 0.479 e. The van der Waals surface area contributed by atoms with Gasteiger partial charge in [-0.1, -0.05) is 22.0 Å². The van der Waals surface area contributed by atoms with Crippen molar-refractivity contribution in [2.75, 3.05) is 13.1 Å². The molecule has 1 saturated heterocycles. The molecule has 1 aromatic rings. The van der Waals surface area contributed by atoms with E-state index >= 15 is 0 Å². The van der Waals surface area contributed by atoms with Crippen molar-refractivity contribution in [1.82, 2.24) is 4.90 Å². The summed E-state index contributed by atoms with van der Waals surface area (Å²) in [6.45, 7) is 2.01. The van der Waals surface area contributed by atoms with Gasteiger partial charge in [0.1, 0.15) is 0 Å². The van der Waals surface area contributed by atoms with Crippen LogP contribution in [0.5, 0.6) is 0 Å². The van der Waals surface area contributed by atoms with Crippen molar-refractivity contribution in [3.05, 3.63) is 38.3 Å². The fraction of sp³-hybridized carbons (Fsp3) is 0.429. The van der Waals surface area contributed by atoms with Crippen molar-refractivity contribution in [1.29, 1.82) is 0 Å². The Morgan fingerprint density at radius 3 is 2.74 bits per heavy atom. The predicted octanol–water partition coefficient (Wildman–Crippen LogP) is 1.60. The van der Waals surface area contributed by atoms with Gasteiger partial charge in [0.15, 0.2) is 6.10 Å². The molecule has 1 heterocycles. The summed E-state index contributed by atoms with van der Waals surface area (Å²) in [4.78, 5) is 35.1. The SMILES string of the molecule is C[C@@H]1CN(C(=O)Cc2ccc([N+](=O)[O-])cc2Br)CC(C(=O)O)O1. The molecule has 1 N–H and O–H groups in total. The molecule has 1 unspecified atom stereocenters. The lowest BCUT2D eigenvalue weighted by molar-refractivity contribution is -0.384. The summed E-state index contributed by atoms with van der Waals surface area (Å²) in [7, 11) is 0. The number of carbonyl (C=O) groups excluding carboxylic acids is 1. The quantitative estimate of drug-likeness (QED) is 0.621. The van der Waals surface area contributed by atoms with E-state index in [-0.39, 0.29) is 30.7 Å². The average molecular weight is 387 g/mol. The number of nitro groups is 1. The molecule has 0 bridgehead atoms. The Hall–Kier alpha value is -2.00. The van der Waals surface area contributed by atoms with Crippen LogP contribution in [-0.4, -0.2) is 52.1 Å². The summed E-state index contributed by atoms with van der Waals surface area (Å²) in [6.07, 6.45) is -1.38. The van der Waals surface area contributed by atoms with E-state index in [2.05, 4.69) is 15.9 Å². The van der Waals surface area contributed by atoms with Crippen molar-refractivity contribution < 1.29 is 24.4 Å². The number of benzene rings is 1. The van der Waals surface area contributed by atoms with Crippen molar-refractivity contribution in [2.24, 2.45) is 0 Å². The van der Waals surface area contributed by atoms with Crippen LogP contribution in [0.4, 0.5) is 5.69 Å². The highest BCUT2D eigenvalue weighted by molar-refractivity contribution is 9.10. The first-order chi connectivity index (χ1) is 10.8. The number of aliphatic carboxylic acids is 1. The highest BCUT2D eigenvalue weighted by atomic mass is 79.9. The molecule has 23 heavy (non-hydrogen) atoms. The van der Waals surface area contributed by atoms with Gasteiger partial charge in [0.25, 0.3) is 5.69 Å². The zero-order valence-corrected chi connectivity index (χ0v) is 13.9. The van der Waals surface area contributed by atoms with Crippen LogP contribution in [-0.2, 0) is 20.7 Å². The molecule has 2 atom stereocenters. The van der Waals surface area contributed by atoms with E-state index in [4.69, 9.17) is 9.84 Å². The van der Waals surface area contributed by atoms with Gasteiger partial charge in [-0.15, -0.1) is 0 Å². The highest BCUT2D eigenvalue weighted by Gasteiger charge is 2.32. The van der Waals surface area contributed by atoms with Crippen molar-refractivity contribution >= 4 is 33.5 Å². The van der Waals surface area contributed by atoms with Gasteiger partial charge >= 0.3 is 5.97 Å². The second-order valence-electron chi connectivity index (χ2n) is 5.28. The zero-order chi connectivity index (χ0) is 17.1. The van der Waals surface area contributed by atoms with Crippen molar-refractivity contribution in [3.8, 4) is 0 Å². The fourth-order valence-electron chi connectivity index (χ4n) is 2.36. The molecule has 9 heteroatoms. The standard InChI is InChI=1S/C14H15BrN2O6/c1-8-6-16(7-12(23-8)14(19)20)13(18)4-9-2-3-10(17(21)22)5-11(9)15/h2-3,5,8,12H,4,6-7H2,1H3,(H,19,20)/t8-,12?/m1/s1. The maximum absolute atomic E-state index is 12.4. The Kier molecular flexibility index (Phi) is 5.32. The third-order valence-electron chi connectivity index (χ3n) is 3.48. The second kappa shape index (κ2) is 7.05. The first-order valence-corrected chi connectivity index (χ1v) is 7.66. The van der Waals surface area contributed by atoms with E-state index in [0.29, 0.717) is 16.6 Å².